The van der Waals surface area contributed by atoms with Gasteiger partial charge < -0.3 is 10.1 Å². The molecule has 0 amide bonds. The van der Waals surface area contributed by atoms with Crippen molar-refractivity contribution in [3.8, 4) is 5.75 Å². The van der Waals surface area contributed by atoms with Crippen LogP contribution in [0.2, 0.25) is 0 Å². The Morgan fingerprint density at radius 2 is 1.90 bits per heavy atom. The molecule has 0 saturated carbocycles. The quantitative estimate of drug-likeness (QED) is 0.898. The number of benzene rings is 2. The van der Waals surface area contributed by atoms with Gasteiger partial charge in [-0.15, -0.1) is 0 Å². The number of aryl methyl sites for hydroxylation is 1. The van der Waals surface area contributed by atoms with E-state index >= 15 is 0 Å². The minimum Gasteiger partial charge on any atom is -0.496 e. The lowest BCUT2D eigenvalue weighted by Crippen LogP contribution is -2.31. The number of fused-ring (bicyclic) bond motifs is 1. The normalized spacial score (nSPS) is 17.6. The molecule has 1 aliphatic rings. The van der Waals surface area contributed by atoms with Crippen molar-refractivity contribution in [1.82, 2.24) is 5.32 Å². The lowest BCUT2D eigenvalue weighted by Gasteiger charge is -2.30. The third-order valence-electron chi connectivity index (χ3n) is 4.30. The number of rotatable bonds is 2. The zero-order valence-electron chi connectivity index (χ0n) is 12.4. The highest BCUT2D eigenvalue weighted by Crippen LogP contribution is 2.37. The van der Waals surface area contributed by atoms with Crippen LogP contribution in [0.5, 0.6) is 5.75 Å². The molecule has 1 heterocycles. The molecular weight excluding hydrogens is 246 g/mol. The van der Waals surface area contributed by atoms with E-state index in [4.69, 9.17) is 4.74 Å². The van der Waals surface area contributed by atoms with E-state index in [1.807, 2.05) is 0 Å². The minimum atomic E-state index is 0.271. The molecule has 1 aliphatic heterocycles. The summed E-state index contributed by atoms with van der Waals surface area (Å²) in [5, 5.41) is 3.63. The second-order valence-electron chi connectivity index (χ2n) is 5.47. The van der Waals surface area contributed by atoms with Gasteiger partial charge in [0.25, 0.3) is 0 Å². The molecular formula is C18H21NO. The van der Waals surface area contributed by atoms with E-state index in [-0.39, 0.29) is 6.04 Å². The van der Waals surface area contributed by atoms with Crippen molar-refractivity contribution < 1.29 is 4.74 Å². The molecule has 2 aromatic carbocycles. The lowest BCUT2D eigenvalue weighted by molar-refractivity contribution is 0.400. The molecule has 0 spiro atoms. The van der Waals surface area contributed by atoms with Crippen LogP contribution in [-0.4, -0.2) is 13.7 Å². The molecule has 0 radical (unpaired) electrons. The third-order valence-corrected chi connectivity index (χ3v) is 4.30. The van der Waals surface area contributed by atoms with Gasteiger partial charge in [0.15, 0.2) is 0 Å². The molecule has 1 N–H and O–H groups in total. The number of nitrogens with one attached hydrogen (secondary N) is 1. The van der Waals surface area contributed by atoms with Gasteiger partial charge >= 0.3 is 0 Å². The van der Waals surface area contributed by atoms with E-state index in [1.54, 1.807) is 7.11 Å². The molecule has 3 rings (SSSR count). The molecule has 104 valence electrons. The van der Waals surface area contributed by atoms with E-state index in [1.165, 1.54) is 27.8 Å². The second kappa shape index (κ2) is 5.29. The number of methoxy groups -OCH3 is 1. The molecule has 2 heteroatoms. The Kier molecular flexibility index (Phi) is 3.49. The van der Waals surface area contributed by atoms with Gasteiger partial charge in [0.2, 0.25) is 0 Å². The Morgan fingerprint density at radius 3 is 2.60 bits per heavy atom. The Labute approximate surface area is 120 Å². The highest BCUT2D eigenvalue weighted by atomic mass is 16.5. The van der Waals surface area contributed by atoms with Crippen molar-refractivity contribution in [3.05, 3.63) is 64.2 Å². The average Bonchev–Trinajstić information content (AvgIpc) is 2.49. The first kappa shape index (κ1) is 13.2. The molecule has 0 aromatic heterocycles. The number of ether oxygens (including phenoxy) is 1. The average molecular weight is 267 g/mol. The maximum absolute atomic E-state index is 5.68. The van der Waals surface area contributed by atoms with Gasteiger partial charge in [-0.05, 0) is 42.5 Å². The summed E-state index contributed by atoms with van der Waals surface area (Å²) in [6.07, 6.45) is 1.03. The van der Waals surface area contributed by atoms with Crippen molar-refractivity contribution in [1.29, 1.82) is 0 Å². The molecule has 0 aliphatic carbocycles. The van der Waals surface area contributed by atoms with Crippen LogP contribution in [0, 0.1) is 13.8 Å². The van der Waals surface area contributed by atoms with Gasteiger partial charge in [0.1, 0.15) is 5.75 Å². The summed E-state index contributed by atoms with van der Waals surface area (Å²) in [5.41, 5.74) is 6.61. The SMILES string of the molecule is COc1c(C)c(C)cc2c1CCNC2c1ccccc1. The summed E-state index contributed by atoms with van der Waals surface area (Å²) in [6, 6.07) is 13.2. The first-order valence-electron chi connectivity index (χ1n) is 7.17. The molecule has 2 aromatic rings. The van der Waals surface area contributed by atoms with Crippen molar-refractivity contribution >= 4 is 0 Å². The molecule has 1 atom stereocenters. The Bertz CT molecular complexity index is 619. The van der Waals surface area contributed by atoms with Gasteiger partial charge in [0, 0.05) is 12.1 Å². The topological polar surface area (TPSA) is 21.3 Å². The Balaban J connectivity index is 2.16. The van der Waals surface area contributed by atoms with Crippen LogP contribution in [0.1, 0.15) is 33.9 Å². The van der Waals surface area contributed by atoms with Crippen molar-refractivity contribution in [2.24, 2.45) is 0 Å². The van der Waals surface area contributed by atoms with E-state index in [0.717, 1.165) is 18.7 Å². The lowest BCUT2D eigenvalue weighted by atomic mass is 9.86. The summed E-state index contributed by atoms with van der Waals surface area (Å²) in [4.78, 5) is 0. The van der Waals surface area contributed by atoms with Crippen LogP contribution < -0.4 is 10.1 Å². The predicted octanol–water partition coefficient (Wildman–Crippen LogP) is 3.55. The van der Waals surface area contributed by atoms with Crippen LogP contribution >= 0.6 is 0 Å². The van der Waals surface area contributed by atoms with Crippen LogP contribution in [0.25, 0.3) is 0 Å². The zero-order chi connectivity index (χ0) is 14.1. The van der Waals surface area contributed by atoms with Gasteiger partial charge in [-0.1, -0.05) is 36.4 Å². The van der Waals surface area contributed by atoms with Crippen LogP contribution in [0.3, 0.4) is 0 Å². The standard InChI is InChI=1S/C18H21NO/c1-12-11-16-15(18(20-3)13(12)2)9-10-19-17(16)14-7-5-4-6-8-14/h4-8,11,17,19H,9-10H2,1-3H3. The predicted molar refractivity (Wildman–Crippen MR) is 82.5 cm³/mol. The van der Waals surface area contributed by atoms with Gasteiger partial charge in [0.05, 0.1) is 13.2 Å². The van der Waals surface area contributed by atoms with Gasteiger partial charge in [-0.25, -0.2) is 0 Å². The highest BCUT2D eigenvalue weighted by molar-refractivity contribution is 5.54. The molecule has 1 unspecified atom stereocenters. The van der Waals surface area contributed by atoms with E-state index in [9.17, 15) is 0 Å². The van der Waals surface area contributed by atoms with Crippen molar-refractivity contribution in [3.63, 3.8) is 0 Å². The fourth-order valence-electron chi connectivity index (χ4n) is 3.15. The molecule has 2 nitrogen and oxygen atoms in total. The highest BCUT2D eigenvalue weighted by Gasteiger charge is 2.25. The number of hydrogen-bond donors (Lipinski definition) is 1. The van der Waals surface area contributed by atoms with Crippen LogP contribution in [-0.2, 0) is 6.42 Å². The molecule has 20 heavy (non-hydrogen) atoms. The second-order valence-corrected chi connectivity index (χ2v) is 5.47. The zero-order valence-corrected chi connectivity index (χ0v) is 12.4. The van der Waals surface area contributed by atoms with Crippen molar-refractivity contribution in [2.45, 2.75) is 26.3 Å². The minimum absolute atomic E-state index is 0.271. The first-order chi connectivity index (χ1) is 9.72. The van der Waals surface area contributed by atoms with Crippen LogP contribution in [0.15, 0.2) is 36.4 Å². The Morgan fingerprint density at radius 1 is 1.15 bits per heavy atom. The van der Waals surface area contributed by atoms with Crippen LogP contribution in [0.4, 0.5) is 0 Å². The smallest absolute Gasteiger partial charge is 0.125 e. The summed E-state index contributed by atoms with van der Waals surface area (Å²) >= 11 is 0. The first-order valence-corrected chi connectivity index (χ1v) is 7.17. The summed E-state index contributed by atoms with van der Waals surface area (Å²) in [5.74, 6) is 1.07. The van der Waals surface area contributed by atoms with E-state index in [2.05, 4.69) is 55.6 Å². The van der Waals surface area contributed by atoms with Gasteiger partial charge in [-0.3, -0.25) is 0 Å². The molecule has 0 saturated heterocycles. The third kappa shape index (κ3) is 2.10. The summed E-state index contributed by atoms with van der Waals surface area (Å²) < 4.78 is 5.68. The van der Waals surface area contributed by atoms with Crippen molar-refractivity contribution in [2.75, 3.05) is 13.7 Å². The molecule has 0 fully saturated rings. The monoisotopic (exact) mass is 267 g/mol. The fourth-order valence-corrected chi connectivity index (χ4v) is 3.15. The number of hydrogen-bond acceptors (Lipinski definition) is 2. The fraction of sp³-hybridized carbons (Fsp3) is 0.333. The summed E-state index contributed by atoms with van der Waals surface area (Å²) in [7, 11) is 1.78. The largest absolute Gasteiger partial charge is 0.496 e. The van der Waals surface area contributed by atoms with E-state index < -0.39 is 0 Å². The Hall–Kier alpha value is -1.80. The van der Waals surface area contributed by atoms with E-state index in [0.29, 0.717) is 0 Å². The maximum Gasteiger partial charge on any atom is 0.125 e. The maximum atomic E-state index is 5.68. The van der Waals surface area contributed by atoms with Gasteiger partial charge in [-0.2, -0.15) is 0 Å². The summed E-state index contributed by atoms with van der Waals surface area (Å²) in [6.45, 7) is 5.30. The molecule has 0 bridgehead atoms.